The number of nitrogens with one attached hydrogen (secondary N) is 2. The van der Waals surface area contributed by atoms with Gasteiger partial charge in [-0.15, -0.1) is 24.0 Å². The molecule has 1 aliphatic heterocycles. The van der Waals surface area contributed by atoms with Crippen molar-refractivity contribution in [3.63, 3.8) is 0 Å². The van der Waals surface area contributed by atoms with Gasteiger partial charge in [0.25, 0.3) is 0 Å². The van der Waals surface area contributed by atoms with Crippen LogP contribution in [0, 0.1) is 0 Å². The van der Waals surface area contributed by atoms with Crippen LogP contribution in [-0.2, 0) is 24.4 Å². The Hall–Kier alpha value is -2.43. The van der Waals surface area contributed by atoms with Crippen LogP contribution in [0.1, 0.15) is 23.7 Å². The summed E-state index contributed by atoms with van der Waals surface area (Å²) in [6.45, 7) is 8.63. The minimum absolute atomic E-state index is 0. The van der Waals surface area contributed by atoms with Gasteiger partial charge in [-0.1, -0.05) is 42.5 Å². The van der Waals surface area contributed by atoms with Gasteiger partial charge in [-0.3, -0.25) is 4.90 Å². The fraction of sp³-hybridized carbons (Fsp3) is 0.360. The number of hydrogen-bond acceptors (Lipinski definition) is 5. The number of guanidine groups is 1. The predicted octanol–water partition coefficient (Wildman–Crippen LogP) is 4.05. The maximum Gasteiger partial charge on any atom is 0.226 e. The van der Waals surface area contributed by atoms with E-state index in [2.05, 4.69) is 51.7 Å². The van der Waals surface area contributed by atoms with E-state index in [4.69, 9.17) is 14.1 Å². The quantitative estimate of drug-likeness (QED) is 0.246. The molecule has 1 aliphatic rings. The monoisotopic (exact) mass is 561 g/mol. The number of oxazole rings is 1. The van der Waals surface area contributed by atoms with E-state index < -0.39 is 0 Å². The second kappa shape index (κ2) is 13.3. The molecule has 0 amide bonds. The van der Waals surface area contributed by atoms with Gasteiger partial charge in [0.2, 0.25) is 5.89 Å². The third-order valence-corrected chi connectivity index (χ3v) is 5.31. The molecule has 33 heavy (non-hydrogen) atoms. The van der Waals surface area contributed by atoms with E-state index in [-0.39, 0.29) is 24.0 Å². The molecule has 0 saturated carbocycles. The fourth-order valence-corrected chi connectivity index (χ4v) is 3.56. The van der Waals surface area contributed by atoms with Crippen molar-refractivity contribution < 1.29 is 9.15 Å². The zero-order valence-electron chi connectivity index (χ0n) is 19.0. The summed E-state index contributed by atoms with van der Waals surface area (Å²) in [7, 11) is 0. The van der Waals surface area contributed by atoms with Crippen molar-refractivity contribution in [3.8, 4) is 11.5 Å². The van der Waals surface area contributed by atoms with E-state index in [1.807, 2.05) is 30.3 Å². The van der Waals surface area contributed by atoms with Crippen molar-refractivity contribution in [1.82, 2.24) is 20.5 Å². The van der Waals surface area contributed by atoms with Gasteiger partial charge >= 0.3 is 0 Å². The average molecular weight is 561 g/mol. The number of aromatic nitrogens is 1. The van der Waals surface area contributed by atoms with E-state index >= 15 is 0 Å². The standard InChI is InChI=1S/C25H31N5O2.HI/c1-2-26-25(28-17-23-19-32-24(29-23)22-6-4-3-5-7-22)27-16-20-8-10-21(11-9-20)18-30-12-14-31-15-13-30;/h3-11,19H,2,12-18H2,1H3,(H2,26,27,28);1H. The summed E-state index contributed by atoms with van der Waals surface area (Å²) in [6.07, 6.45) is 1.69. The molecule has 8 heteroatoms. The molecule has 2 aromatic carbocycles. The van der Waals surface area contributed by atoms with Crippen molar-refractivity contribution in [2.75, 3.05) is 32.8 Å². The molecule has 0 bridgehead atoms. The molecule has 2 heterocycles. The number of aliphatic imine (C=N–C) groups is 1. The fourth-order valence-electron chi connectivity index (χ4n) is 3.56. The minimum Gasteiger partial charge on any atom is -0.444 e. The normalized spacial score (nSPS) is 14.5. The minimum atomic E-state index is 0. The van der Waals surface area contributed by atoms with Gasteiger partial charge in [-0.2, -0.15) is 0 Å². The second-order valence-corrected chi connectivity index (χ2v) is 7.76. The number of nitrogens with zero attached hydrogens (tertiary/aromatic N) is 3. The molecule has 176 valence electrons. The first kappa shape index (κ1) is 25.2. The summed E-state index contributed by atoms with van der Waals surface area (Å²) in [4.78, 5) is 11.7. The highest BCUT2D eigenvalue weighted by Gasteiger charge is 2.10. The summed E-state index contributed by atoms with van der Waals surface area (Å²) in [5, 5.41) is 6.62. The number of rotatable bonds is 8. The van der Waals surface area contributed by atoms with Gasteiger partial charge in [0.1, 0.15) is 6.26 Å². The Balaban J connectivity index is 0.00000306. The van der Waals surface area contributed by atoms with Crippen LogP contribution < -0.4 is 10.6 Å². The number of benzene rings is 2. The third kappa shape index (κ3) is 7.83. The van der Waals surface area contributed by atoms with Crippen LogP contribution in [0.3, 0.4) is 0 Å². The van der Waals surface area contributed by atoms with Crippen LogP contribution in [-0.4, -0.2) is 48.7 Å². The molecule has 0 radical (unpaired) electrons. The highest BCUT2D eigenvalue weighted by atomic mass is 127. The van der Waals surface area contributed by atoms with Crippen molar-refractivity contribution >= 4 is 29.9 Å². The molecular weight excluding hydrogens is 529 g/mol. The van der Waals surface area contributed by atoms with Crippen molar-refractivity contribution in [2.24, 2.45) is 4.99 Å². The molecule has 0 spiro atoms. The maximum atomic E-state index is 5.62. The summed E-state index contributed by atoms with van der Waals surface area (Å²) >= 11 is 0. The van der Waals surface area contributed by atoms with Crippen molar-refractivity contribution in [3.05, 3.63) is 77.7 Å². The molecule has 4 rings (SSSR count). The van der Waals surface area contributed by atoms with E-state index in [0.29, 0.717) is 19.0 Å². The second-order valence-electron chi connectivity index (χ2n) is 7.76. The first-order valence-corrected chi connectivity index (χ1v) is 11.2. The van der Waals surface area contributed by atoms with Crippen LogP contribution in [0.5, 0.6) is 0 Å². The summed E-state index contributed by atoms with van der Waals surface area (Å²) in [6, 6.07) is 18.6. The van der Waals surface area contributed by atoms with Crippen LogP contribution in [0.15, 0.2) is 70.3 Å². The lowest BCUT2D eigenvalue weighted by Crippen LogP contribution is -2.36. The summed E-state index contributed by atoms with van der Waals surface area (Å²) in [5.74, 6) is 1.38. The van der Waals surface area contributed by atoms with Crippen molar-refractivity contribution in [2.45, 2.75) is 26.6 Å². The molecule has 0 atom stereocenters. The van der Waals surface area contributed by atoms with Gasteiger partial charge in [-0.05, 0) is 30.2 Å². The predicted molar refractivity (Wildman–Crippen MR) is 142 cm³/mol. The van der Waals surface area contributed by atoms with E-state index in [1.54, 1.807) is 6.26 Å². The van der Waals surface area contributed by atoms with Gasteiger partial charge in [0.15, 0.2) is 5.96 Å². The van der Waals surface area contributed by atoms with E-state index in [0.717, 1.165) is 56.6 Å². The van der Waals surface area contributed by atoms with Crippen LogP contribution in [0.25, 0.3) is 11.5 Å². The van der Waals surface area contributed by atoms with Crippen LogP contribution in [0.2, 0.25) is 0 Å². The summed E-state index contributed by atoms with van der Waals surface area (Å²) < 4.78 is 11.0. The molecular formula is C25H32IN5O2. The Bertz CT molecular complexity index is 986. The van der Waals surface area contributed by atoms with Crippen LogP contribution >= 0.6 is 24.0 Å². The van der Waals surface area contributed by atoms with E-state index in [1.165, 1.54) is 11.1 Å². The SMILES string of the molecule is CCNC(=NCc1ccc(CN2CCOCC2)cc1)NCc1coc(-c2ccccc2)n1.I. The number of halogens is 1. The molecule has 0 aliphatic carbocycles. The smallest absolute Gasteiger partial charge is 0.226 e. The van der Waals surface area contributed by atoms with Gasteiger partial charge < -0.3 is 19.8 Å². The lowest BCUT2D eigenvalue weighted by Gasteiger charge is -2.26. The third-order valence-electron chi connectivity index (χ3n) is 5.31. The lowest BCUT2D eigenvalue weighted by molar-refractivity contribution is 0.0342. The Morgan fingerprint density at radius 1 is 1.00 bits per heavy atom. The largest absolute Gasteiger partial charge is 0.444 e. The lowest BCUT2D eigenvalue weighted by atomic mass is 10.1. The molecule has 3 aromatic rings. The molecule has 1 saturated heterocycles. The molecule has 7 nitrogen and oxygen atoms in total. The zero-order valence-corrected chi connectivity index (χ0v) is 21.3. The van der Waals surface area contributed by atoms with Gasteiger partial charge in [0, 0.05) is 31.7 Å². The highest BCUT2D eigenvalue weighted by molar-refractivity contribution is 14.0. The number of hydrogen-bond donors (Lipinski definition) is 2. The zero-order chi connectivity index (χ0) is 22.0. The first-order valence-electron chi connectivity index (χ1n) is 11.2. The Morgan fingerprint density at radius 2 is 1.73 bits per heavy atom. The maximum absolute atomic E-state index is 5.62. The summed E-state index contributed by atoms with van der Waals surface area (Å²) in [5.41, 5.74) is 4.31. The molecule has 1 aromatic heterocycles. The molecule has 1 fully saturated rings. The average Bonchev–Trinajstić information content (AvgIpc) is 3.32. The first-order chi connectivity index (χ1) is 15.8. The van der Waals surface area contributed by atoms with Gasteiger partial charge in [-0.25, -0.2) is 9.98 Å². The van der Waals surface area contributed by atoms with E-state index in [9.17, 15) is 0 Å². The van der Waals surface area contributed by atoms with Crippen molar-refractivity contribution in [1.29, 1.82) is 0 Å². The van der Waals surface area contributed by atoms with Gasteiger partial charge in [0.05, 0.1) is 32.0 Å². The Kier molecular flexibility index (Phi) is 10.2. The molecule has 2 N–H and O–H groups in total. The number of morpholine rings is 1. The highest BCUT2D eigenvalue weighted by Crippen LogP contribution is 2.17. The number of ether oxygens (including phenoxy) is 1. The Labute approximate surface area is 212 Å². The van der Waals surface area contributed by atoms with Crippen LogP contribution in [0.4, 0.5) is 0 Å². The molecule has 0 unspecified atom stereocenters. The topological polar surface area (TPSA) is 74.9 Å². The Morgan fingerprint density at radius 3 is 2.45 bits per heavy atom.